The van der Waals surface area contributed by atoms with Crippen LogP contribution in [0.3, 0.4) is 0 Å². The minimum Gasteiger partial charge on any atom is -0.488 e. The molecule has 1 saturated carbocycles. The standard InChI is InChI=1S/C23H21BrCl2N2O2S/c24-16-7-9-21(30-13-14-6-8-18(25)19(26)10-14)15(11-16)12-20-22(29)28(23(31)27-20)17-4-2-1-3-5-17/h6-12,17H,1-5,13H2,(H,27,31)/b20-12-. The molecular weight excluding hydrogens is 519 g/mol. The van der Waals surface area contributed by atoms with Crippen molar-refractivity contribution in [3.05, 3.63) is 67.7 Å². The minimum atomic E-state index is -0.0766. The maximum Gasteiger partial charge on any atom is 0.276 e. The lowest BCUT2D eigenvalue weighted by molar-refractivity contribution is -0.124. The van der Waals surface area contributed by atoms with Gasteiger partial charge in [0.15, 0.2) is 5.11 Å². The Morgan fingerprint density at radius 1 is 1.13 bits per heavy atom. The number of hydrogen-bond donors (Lipinski definition) is 1. The van der Waals surface area contributed by atoms with Gasteiger partial charge >= 0.3 is 0 Å². The second kappa shape index (κ2) is 9.90. The third-order valence-corrected chi connectivity index (χ3v) is 7.03. The molecule has 2 aromatic carbocycles. The van der Waals surface area contributed by atoms with Gasteiger partial charge in [0.05, 0.1) is 10.0 Å². The van der Waals surface area contributed by atoms with E-state index in [1.54, 1.807) is 23.1 Å². The molecule has 1 amide bonds. The van der Waals surface area contributed by atoms with Crippen molar-refractivity contribution >= 4 is 68.4 Å². The van der Waals surface area contributed by atoms with Crippen LogP contribution in [0.5, 0.6) is 5.75 Å². The fourth-order valence-corrected chi connectivity index (χ4v) is 4.97. The van der Waals surface area contributed by atoms with Crippen LogP contribution in [-0.4, -0.2) is 22.0 Å². The Morgan fingerprint density at radius 2 is 1.90 bits per heavy atom. The number of carbonyl (C=O) groups excluding carboxylic acids is 1. The van der Waals surface area contributed by atoms with E-state index in [1.165, 1.54) is 6.42 Å². The molecule has 1 aliphatic heterocycles. The van der Waals surface area contributed by atoms with Gasteiger partial charge in [-0.25, -0.2) is 0 Å². The normalized spacial score (nSPS) is 18.5. The predicted molar refractivity (Wildman–Crippen MR) is 132 cm³/mol. The molecule has 0 aromatic heterocycles. The second-order valence-corrected chi connectivity index (χ2v) is 9.79. The molecule has 1 heterocycles. The van der Waals surface area contributed by atoms with Crippen LogP contribution in [0, 0.1) is 0 Å². The van der Waals surface area contributed by atoms with Crippen molar-refractivity contribution in [1.82, 2.24) is 10.2 Å². The predicted octanol–water partition coefficient (Wildman–Crippen LogP) is 6.73. The molecule has 0 bridgehead atoms. The molecule has 2 fully saturated rings. The first-order valence-electron chi connectivity index (χ1n) is 10.1. The van der Waals surface area contributed by atoms with E-state index in [9.17, 15) is 4.79 Å². The zero-order valence-corrected chi connectivity index (χ0v) is 20.6. The Morgan fingerprint density at radius 3 is 2.65 bits per heavy atom. The summed E-state index contributed by atoms with van der Waals surface area (Å²) in [6.45, 7) is 0.322. The highest BCUT2D eigenvalue weighted by Gasteiger charge is 2.36. The molecule has 4 nitrogen and oxygen atoms in total. The number of nitrogens with one attached hydrogen (secondary N) is 1. The maximum atomic E-state index is 13.1. The number of hydrogen-bond acceptors (Lipinski definition) is 3. The van der Waals surface area contributed by atoms with E-state index in [2.05, 4.69) is 21.2 Å². The van der Waals surface area contributed by atoms with Gasteiger partial charge in [0.2, 0.25) is 0 Å². The first kappa shape index (κ1) is 22.6. The number of thiocarbonyl (C=S) groups is 1. The number of benzene rings is 2. The van der Waals surface area contributed by atoms with Crippen LogP contribution in [0.2, 0.25) is 10.0 Å². The molecular formula is C23H21BrCl2N2O2S. The van der Waals surface area contributed by atoms with E-state index in [4.69, 9.17) is 40.2 Å². The van der Waals surface area contributed by atoms with Crippen LogP contribution >= 0.6 is 51.3 Å². The first-order valence-corrected chi connectivity index (χ1v) is 12.1. The fraction of sp³-hybridized carbons (Fsp3) is 0.304. The summed E-state index contributed by atoms with van der Waals surface area (Å²) in [7, 11) is 0. The quantitative estimate of drug-likeness (QED) is 0.338. The van der Waals surface area contributed by atoms with E-state index in [1.807, 2.05) is 24.3 Å². The van der Waals surface area contributed by atoms with Crippen molar-refractivity contribution in [3.63, 3.8) is 0 Å². The molecule has 0 spiro atoms. The van der Waals surface area contributed by atoms with E-state index >= 15 is 0 Å². The van der Waals surface area contributed by atoms with Gasteiger partial charge in [0.1, 0.15) is 18.1 Å². The Bertz CT molecular complexity index is 1050. The van der Waals surface area contributed by atoms with Crippen molar-refractivity contribution in [3.8, 4) is 5.75 Å². The molecule has 8 heteroatoms. The molecule has 4 rings (SSSR count). The number of carbonyl (C=O) groups is 1. The molecule has 0 radical (unpaired) electrons. The molecule has 0 unspecified atom stereocenters. The maximum absolute atomic E-state index is 13.1. The Hall–Kier alpha value is -1.60. The number of nitrogens with zero attached hydrogens (tertiary/aromatic N) is 1. The lowest BCUT2D eigenvalue weighted by Crippen LogP contribution is -2.41. The van der Waals surface area contributed by atoms with Gasteiger partial charge in [-0.15, -0.1) is 0 Å². The molecule has 31 heavy (non-hydrogen) atoms. The molecule has 2 aliphatic rings. The van der Waals surface area contributed by atoms with Crippen LogP contribution in [-0.2, 0) is 11.4 Å². The lowest BCUT2D eigenvalue weighted by Gasteiger charge is -2.29. The summed E-state index contributed by atoms with van der Waals surface area (Å²) >= 11 is 21.1. The summed E-state index contributed by atoms with van der Waals surface area (Å²) in [5, 5.41) is 4.57. The highest BCUT2D eigenvalue weighted by Crippen LogP contribution is 2.30. The van der Waals surface area contributed by atoms with E-state index < -0.39 is 0 Å². The zero-order valence-electron chi connectivity index (χ0n) is 16.7. The molecule has 1 N–H and O–H groups in total. The van der Waals surface area contributed by atoms with Crippen molar-refractivity contribution in [2.24, 2.45) is 0 Å². The van der Waals surface area contributed by atoms with Gasteiger partial charge in [0.25, 0.3) is 5.91 Å². The van der Waals surface area contributed by atoms with Gasteiger partial charge in [-0.1, -0.05) is 64.5 Å². The summed E-state index contributed by atoms with van der Waals surface area (Å²) in [6, 6.07) is 11.3. The van der Waals surface area contributed by atoms with Crippen LogP contribution in [0.25, 0.3) is 6.08 Å². The van der Waals surface area contributed by atoms with Crippen LogP contribution in [0.4, 0.5) is 0 Å². The number of rotatable bonds is 5. The van der Waals surface area contributed by atoms with Crippen LogP contribution in [0.15, 0.2) is 46.6 Å². The molecule has 1 saturated heterocycles. The summed E-state index contributed by atoms with van der Waals surface area (Å²) < 4.78 is 6.92. The average molecular weight is 540 g/mol. The lowest BCUT2D eigenvalue weighted by atomic mass is 9.94. The molecule has 1 aliphatic carbocycles. The van der Waals surface area contributed by atoms with Gasteiger partial charge in [0, 0.05) is 16.1 Å². The summed E-state index contributed by atoms with van der Waals surface area (Å²) in [4.78, 5) is 14.8. The number of ether oxygens (including phenoxy) is 1. The van der Waals surface area contributed by atoms with E-state index in [-0.39, 0.29) is 11.9 Å². The Labute approximate surface area is 205 Å². The van der Waals surface area contributed by atoms with Crippen LogP contribution < -0.4 is 10.1 Å². The largest absolute Gasteiger partial charge is 0.488 e. The molecule has 162 valence electrons. The van der Waals surface area contributed by atoms with Gasteiger partial charge in [-0.2, -0.15) is 0 Å². The fourth-order valence-electron chi connectivity index (χ4n) is 3.93. The van der Waals surface area contributed by atoms with Gasteiger partial charge in [-0.05, 0) is 67.0 Å². The average Bonchev–Trinajstić information content (AvgIpc) is 3.03. The third-order valence-electron chi connectivity index (χ3n) is 5.50. The van der Waals surface area contributed by atoms with Crippen molar-refractivity contribution in [2.75, 3.05) is 0 Å². The highest BCUT2D eigenvalue weighted by atomic mass is 79.9. The summed E-state index contributed by atoms with van der Waals surface area (Å²) in [5.41, 5.74) is 2.14. The smallest absolute Gasteiger partial charge is 0.276 e. The van der Waals surface area contributed by atoms with Crippen molar-refractivity contribution < 1.29 is 9.53 Å². The first-order chi connectivity index (χ1) is 14.9. The summed E-state index contributed by atoms with van der Waals surface area (Å²) in [5.74, 6) is 0.575. The molecule has 0 atom stereocenters. The third kappa shape index (κ3) is 5.25. The Balaban J connectivity index is 1.55. The van der Waals surface area contributed by atoms with Crippen LogP contribution in [0.1, 0.15) is 43.2 Å². The highest BCUT2D eigenvalue weighted by molar-refractivity contribution is 9.10. The number of amides is 1. The second-order valence-electron chi connectivity index (χ2n) is 7.67. The van der Waals surface area contributed by atoms with E-state index in [0.717, 1.165) is 41.3 Å². The number of halogens is 3. The monoisotopic (exact) mass is 538 g/mol. The van der Waals surface area contributed by atoms with Gasteiger partial charge < -0.3 is 10.1 Å². The van der Waals surface area contributed by atoms with E-state index in [0.29, 0.717) is 33.2 Å². The SMILES string of the molecule is O=C1/C(=C/c2cc(Br)ccc2OCc2ccc(Cl)c(Cl)c2)NC(=S)N1C1CCCCC1. The zero-order chi connectivity index (χ0) is 22.0. The topological polar surface area (TPSA) is 41.6 Å². The molecule has 2 aromatic rings. The summed E-state index contributed by atoms with van der Waals surface area (Å²) in [6.07, 6.45) is 7.28. The minimum absolute atomic E-state index is 0.0766. The van der Waals surface area contributed by atoms with Crippen molar-refractivity contribution in [2.45, 2.75) is 44.8 Å². The van der Waals surface area contributed by atoms with Gasteiger partial charge in [-0.3, -0.25) is 9.69 Å². The Kier molecular flexibility index (Phi) is 7.22. The van der Waals surface area contributed by atoms with Crippen molar-refractivity contribution in [1.29, 1.82) is 0 Å².